The van der Waals surface area contributed by atoms with E-state index in [2.05, 4.69) is 49.8 Å². The standard InChI is InChI=1S/C23H25N7OS/c1-16-4-8-18(9-5-16)22-26-27-23(32)29(22)15-21(31)25-20-12-13-24-30(20)14-17-6-10-19(11-7-17)28(2)3/h4-13H,14-15H2,1-3H3,(H,25,31)(H,27,32). The molecule has 8 nitrogen and oxygen atoms in total. The molecular weight excluding hydrogens is 422 g/mol. The van der Waals surface area contributed by atoms with Crippen molar-refractivity contribution in [3.63, 3.8) is 0 Å². The highest BCUT2D eigenvalue weighted by atomic mass is 32.1. The van der Waals surface area contributed by atoms with E-state index in [1.807, 2.05) is 45.3 Å². The van der Waals surface area contributed by atoms with Gasteiger partial charge in [-0.15, -0.1) is 0 Å². The molecule has 2 heterocycles. The lowest BCUT2D eigenvalue weighted by Gasteiger charge is -2.13. The topological polar surface area (TPSA) is 83.8 Å². The van der Waals surface area contributed by atoms with E-state index in [-0.39, 0.29) is 12.5 Å². The monoisotopic (exact) mass is 447 g/mol. The van der Waals surface area contributed by atoms with Crippen LogP contribution in [0.5, 0.6) is 0 Å². The zero-order valence-corrected chi connectivity index (χ0v) is 19.1. The first-order valence-electron chi connectivity index (χ1n) is 10.2. The molecule has 164 valence electrons. The fourth-order valence-corrected chi connectivity index (χ4v) is 3.55. The van der Waals surface area contributed by atoms with Gasteiger partial charge < -0.3 is 10.2 Å². The Morgan fingerprint density at radius 1 is 1.09 bits per heavy atom. The molecule has 0 saturated heterocycles. The first kappa shape index (κ1) is 21.5. The smallest absolute Gasteiger partial charge is 0.245 e. The van der Waals surface area contributed by atoms with Crippen LogP contribution in [0, 0.1) is 11.7 Å². The summed E-state index contributed by atoms with van der Waals surface area (Å²) in [4.78, 5) is 14.9. The van der Waals surface area contributed by atoms with Gasteiger partial charge in [0, 0.05) is 31.4 Å². The molecule has 0 aliphatic rings. The van der Waals surface area contributed by atoms with Crippen LogP contribution in [-0.4, -0.2) is 44.5 Å². The third kappa shape index (κ3) is 4.78. The average molecular weight is 448 g/mol. The van der Waals surface area contributed by atoms with Crippen molar-refractivity contribution in [2.45, 2.75) is 20.0 Å². The van der Waals surface area contributed by atoms with E-state index < -0.39 is 0 Å². The minimum absolute atomic E-state index is 0.0429. The molecule has 0 bridgehead atoms. The summed E-state index contributed by atoms with van der Waals surface area (Å²) in [7, 11) is 4.01. The molecule has 0 unspecified atom stereocenters. The maximum atomic E-state index is 12.8. The number of amides is 1. The highest BCUT2D eigenvalue weighted by molar-refractivity contribution is 7.71. The van der Waals surface area contributed by atoms with Gasteiger partial charge in [0.2, 0.25) is 5.91 Å². The Balaban J connectivity index is 1.47. The molecular formula is C23H25N7OS. The number of aromatic nitrogens is 5. The molecule has 0 spiro atoms. The number of carbonyl (C=O) groups is 1. The average Bonchev–Trinajstić information content (AvgIpc) is 3.35. The van der Waals surface area contributed by atoms with Crippen molar-refractivity contribution in [1.82, 2.24) is 24.5 Å². The summed E-state index contributed by atoms with van der Waals surface area (Å²) in [6.07, 6.45) is 1.67. The van der Waals surface area contributed by atoms with Crippen molar-refractivity contribution in [3.8, 4) is 11.4 Å². The first-order chi connectivity index (χ1) is 15.4. The molecule has 0 atom stereocenters. The lowest BCUT2D eigenvalue weighted by Crippen LogP contribution is -2.21. The molecule has 0 saturated carbocycles. The predicted molar refractivity (Wildman–Crippen MR) is 128 cm³/mol. The lowest BCUT2D eigenvalue weighted by atomic mass is 10.1. The number of anilines is 2. The molecule has 4 aromatic rings. The number of hydrogen-bond acceptors (Lipinski definition) is 5. The van der Waals surface area contributed by atoms with Gasteiger partial charge in [0.25, 0.3) is 0 Å². The van der Waals surface area contributed by atoms with E-state index in [4.69, 9.17) is 12.2 Å². The summed E-state index contributed by atoms with van der Waals surface area (Å²) in [6.45, 7) is 2.62. The van der Waals surface area contributed by atoms with Gasteiger partial charge in [0.15, 0.2) is 10.6 Å². The minimum atomic E-state index is -0.208. The molecule has 0 aliphatic heterocycles. The highest BCUT2D eigenvalue weighted by Gasteiger charge is 2.14. The van der Waals surface area contributed by atoms with Crippen molar-refractivity contribution in [2.24, 2.45) is 0 Å². The molecule has 2 aromatic heterocycles. The van der Waals surface area contributed by atoms with Crippen LogP contribution >= 0.6 is 12.2 Å². The molecule has 0 fully saturated rings. The number of aromatic amines is 1. The normalized spacial score (nSPS) is 10.8. The first-order valence-corrected chi connectivity index (χ1v) is 10.6. The van der Waals surface area contributed by atoms with Crippen LogP contribution < -0.4 is 10.2 Å². The third-order valence-corrected chi connectivity index (χ3v) is 5.45. The quantitative estimate of drug-likeness (QED) is 0.420. The Hall–Kier alpha value is -3.72. The van der Waals surface area contributed by atoms with Crippen LogP contribution in [0.25, 0.3) is 11.4 Å². The molecule has 4 rings (SSSR count). The van der Waals surface area contributed by atoms with Gasteiger partial charge >= 0.3 is 0 Å². The van der Waals surface area contributed by atoms with Crippen LogP contribution in [0.3, 0.4) is 0 Å². The van der Waals surface area contributed by atoms with Crippen LogP contribution in [0.1, 0.15) is 11.1 Å². The van der Waals surface area contributed by atoms with E-state index in [0.29, 0.717) is 23.0 Å². The molecule has 2 N–H and O–H groups in total. The summed E-state index contributed by atoms with van der Waals surface area (Å²) in [5, 5.41) is 14.4. The highest BCUT2D eigenvalue weighted by Crippen LogP contribution is 2.19. The molecule has 1 amide bonds. The van der Waals surface area contributed by atoms with Crippen molar-refractivity contribution in [3.05, 3.63) is 76.7 Å². The molecule has 0 radical (unpaired) electrons. The SMILES string of the molecule is Cc1ccc(-c2n[nH]c(=S)n2CC(=O)Nc2ccnn2Cc2ccc(N(C)C)cc2)cc1. The van der Waals surface area contributed by atoms with Gasteiger partial charge in [-0.25, -0.2) is 4.68 Å². The van der Waals surface area contributed by atoms with Crippen LogP contribution in [0.2, 0.25) is 0 Å². The van der Waals surface area contributed by atoms with Crippen LogP contribution in [0.15, 0.2) is 60.8 Å². The molecule has 2 aromatic carbocycles. The summed E-state index contributed by atoms with van der Waals surface area (Å²) in [6, 6.07) is 17.9. The maximum absolute atomic E-state index is 12.8. The number of aryl methyl sites for hydroxylation is 1. The number of H-pyrrole nitrogens is 1. The van der Waals surface area contributed by atoms with Gasteiger partial charge in [-0.2, -0.15) is 10.2 Å². The second-order valence-corrected chi connectivity index (χ2v) is 8.17. The second kappa shape index (κ2) is 9.19. The number of nitrogens with zero attached hydrogens (tertiary/aromatic N) is 5. The Labute approximate surface area is 191 Å². The van der Waals surface area contributed by atoms with Crippen molar-refractivity contribution >= 4 is 29.6 Å². The summed E-state index contributed by atoms with van der Waals surface area (Å²) < 4.78 is 3.85. The van der Waals surface area contributed by atoms with E-state index in [1.165, 1.54) is 0 Å². The van der Waals surface area contributed by atoms with E-state index in [0.717, 1.165) is 22.4 Å². The largest absolute Gasteiger partial charge is 0.378 e. The summed E-state index contributed by atoms with van der Waals surface area (Å²) in [5.74, 6) is 1.04. The zero-order chi connectivity index (χ0) is 22.7. The third-order valence-electron chi connectivity index (χ3n) is 5.14. The Bertz CT molecular complexity index is 1270. The van der Waals surface area contributed by atoms with Gasteiger partial charge in [-0.1, -0.05) is 42.0 Å². The zero-order valence-electron chi connectivity index (χ0n) is 18.2. The number of hydrogen-bond donors (Lipinski definition) is 2. The van der Waals surface area contributed by atoms with Crippen LogP contribution in [0.4, 0.5) is 11.5 Å². The molecule has 9 heteroatoms. The number of benzene rings is 2. The predicted octanol–water partition coefficient (Wildman–Crippen LogP) is 3.87. The second-order valence-electron chi connectivity index (χ2n) is 7.79. The van der Waals surface area contributed by atoms with E-state index >= 15 is 0 Å². The van der Waals surface area contributed by atoms with E-state index in [1.54, 1.807) is 21.5 Å². The van der Waals surface area contributed by atoms with Gasteiger partial charge in [0.1, 0.15) is 12.4 Å². The molecule has 0 aliphatic carbocycles. The van der Waals surface area contributed by atoms with Crippen molar-refractivity contribution < 1.29 is 4.79 Å². The number of carbonyl (C=O) groups excluding carboxylic acids is 1. The minimum Gasteiger partial charge on any atom is -0.378 e. The Kier molecular flexibility index (Phi) is 6.18. The van der Waals surface area contributed by atoms with Crippen molar-refractivity contribution in [1.29, 1.82) is 0 Å². The van der Waals surface area contributed by atoms with Crippen LogP contribution in [-0.2, 0) is 17.9 Å². The Morgan fingerprint density at radius 3 is 2.50 bits per heavy atom. The van der Waals surface area contributed by atoms with E-state index in [9.17, 15) is 4.79 Å². The summed E-state index contributed by atoms with van der Waals surface area (Å²) in [5.41, 5.74) is 4.26. The van der Waals surface area contributed by atoms with Gasteiger partial charge in [0.05, 0.1) is 12.7 Å². The lowest BCUT2D eigenvalue weighted by molar-refractivity contribution is -0.116. The fourth-order valence-electron chi connectivity index (χ4n) is 3.35. The summed E-state index contributed by atoms with van der Waals surface area (Å²) >= 11 is 5.35. The maximum Gasteiger partial charge on any atom is 0.245 e. The van der Waals surface area contributed by atoms with Gasteiger partial charge in [-0.3, -0.25) is 14.5 Å². The van der Waals surface area contributed by atoms with Crippen molar-refractivity contribution in [2.75, 3.05) is 24.3 Å². The number of rotatable bonds is 7. The fraction of sp³-hybridized carbons (Fsp3) is 0.217. The van der Waals surface area contributed by atoms with Gasteiger partial charge in [-0.05, 0) is 36.8 Å². The Morgan fingerprint density at radius 2 is 1.81 bits per heavy atom. The number of nitrogens with one attached hydrogen (secondary N) is 2. The molecule has 32 heavy (non-hydrogen) atoms.